The van der Waals surface area contributed by atoms with E-state index >= 15 is 0 Å². The van der Waals surface area contributed by atoms with Crippen molar-refractivity contribution in [1.29, 1.82) is 0 Å². The molecule has 0 unspecified atom stereocenters. The summed E-state index contributed by atoms with van der Waals surface area (Å²) in [6, 6.07) is 17.1. The fraction of sp³-hybridized carbons (Fsp3) is 0.348. The number of aryl methyl sites for hydroxylation is 1. The minimum atomic E-state index is -0.563. The van der Waals surface area contributed by atoms with Gasteiger partial charge >= 0.3 is 5.97 Å². The first-order valence-electron chi connectivity index (χ1n) is 9.88. The van der Waals surface area contributed by atoms with Gasteiger partial charge in [0.15, 0.2) is 6.61 Å². The van der Waals surface area contributed by atoms with Crippen LogP contribution in [0.15, 0.2) is 54.6 Å². The molecule has 2 aromatic carbocycles. The maximum atomic E-state index is 12.4. The van der Waals surface area contributed by atoms with Crippen LogP contribution in [0.1, 0.15) is 37.4 Å². The number of hydrogen-bond donors (Lipinski definition) is 1. The summed E-state index contributed by atoms with van der Waals surface area (Å²) in [6.07, 6.45) is 0.897. The summed E-state index contributed by atoms with van der Waals surface area (Å²) in [5, 5.41) is 2.81. The molecule has 6 heteroatoms. The molecule has 1 aliphatic heterocycles. The van der Waals surface area contributed by atoms with Crippen LogP contribution in [-0.4, -0.2) is 30.9 Å². The van der Waals surface area contributed by atoms with Gasteiger partial charge in [-0.25, -0.2) is 0 Å². The second-order valence-electron chi connectivity index (χ2n) is 7.20. The number of ether oxygens (including phenoxy) is 1. The second-order valence-corrected chi connectivity index (χ2v) is 7.20. The van der Waals surface area contributed by atoms with Crippen LogP contribution in [0.2, 0.25) is 0 Å². The lowest BCUT2D eigenvalue weighted by Crippen LogP contribution is -2.33. The van der Waals surface area contributed by atoms with E-state index in [9.17, 15) is 14.4 Å². The van der Waals surface area contributed by atoms with E-state index in [4.69, 9.17) is 4.74 Å². The van der Waals surface area contributed by atoms with Crippen LogP contribution in [0, 0.1) is 5.92 Å². The molecule has 0 aromatic heterocycles. The zero-order chi connectivity index (χ0) is 20.8. The summed E-state index contributed by atoms with van der Waals surface area (Å²) in [4.78, 5) is 38.6. The molecule has 0 radical (unpaired) electrons. The monoisotopic (exact) mass is 394 g/mol. The number of esters is 1. The lowest BCUT2D eigenvalue weighted by Gasteiger charge is -2.19. The number of anilines is 1. The lowest BCUT2D eigenvalue weighted by molar-refractivity contribution is -0.152. The van der Waals surface area contributed by atoms with E-state index in [0.29, 0.717) is 0 Å². The number of nitrogens with one attached hydrogen (secondary N) is 1. The van der Waals surface area contributed by atoms with E-state index < -0.39 is 11.9 Å². The van der Waals surface area contributed by atoms with Gasteiger partial charge in [0.1, 0.15) is 0 Å². The number of benzene rings is 2. The Morgan fingerprint density at radius 3 is 2.55 bits per heavy atom. The number of amides is 2. The van der Waals surface area contributed by atoms with Gasteiger partial charge in [0, 0.05) is 18.7 Å². The molecule has 1 aliphatic rings. The lowest BCUT2D eigenvalue weighted by atomic mass is 10.1. The molecule has 1 heterocycles. The van der Waals surface area contributed by atoms with Crippen molar-refractivity contribution in [2.45, 2.75) is 32.7 Å². The summed E-state index contributed by atoms with van der Waals surface area (Å²) in [6.45, 7) is 3.82. The fourth-order valence-electron chi connectivity index (χ4n) is 3.53. The van der Waals surface area contributed by atoms with Crippen LogP contribution >= 0.6 is 0 Å². The summed E-state index contributed by atoms with van der Waals surface area (Å²) in [5.74, 6) is -1.55. The van der Waals surface area contributed by atoms with Crippen molar-refractivity contribution < 1.29 is 19.1 Å². The molecule has 1 fully saturated rings. The zero-order valence-corrected chi connectivity index (χ0v) is 16.8. The molecule has 3 rings (SSSR count). The van der Waals surface area contributed by atoms with Crippen molar-refractivity contribution in [3.63, 3.8) is 0 Å². The van der Waals surface area contributed by atoms with Gasteiger partial charge in [0.05, 0.1) is 12.0 Å². The highest BCUT2D eigenvalue weighted by molar-refractivity contribution is 6.00. The van der Waals surface area contributed by atoms with E-state index in [2.05, 4.69) is 5.32 Å². The van der Waals surface area contributed by atoms with Crippen LogP contribution in [0.25, 0.3) is 0 Å². The van der Waals surface area contributed by atoms with Gasteiger partial charge in [-0.2, -0.15) is 0 Å². The van der Waals surface area contributed by atoms with Crippen LogP contribution in [0.4, 0.5) is 5.69 Å². The molecule has 6 nitrogen and oxygen atoms in total. The minimum absolute atomic E-state index is 0.0961. The predicted octanol–water partition coefficient (Wildman–Crippen LogP) is 3.02. The van der Waals surface area contributed by atoms with Gasteiger partial charge in [-0.15, -0.1) is 0 Å². The Bertz CT molecular complexity index is 881. The van der Waals surface area contributed by atoms with Crippen molar-refractivity contribution in [1.82, 2.24) is 5.32 Å². The summed E-state index contributed by atoms with van der Waals surface area (Å²) < 4.78 is 5.18. The zero-order valence-electron chi connectivity index (χ0n) is 16.8. The number of rotatable bonds is 7. The Morgan fingerprint density at radius 2 is 1.83 bits per heavy atom. The Morgan fingerprint density at radius 1 is 1.14 bits per heavy atom. The van der Waals surface area contributed by atoms with Gasteiger partial charge < -0.3 is 15.0 Å². The normalized spacial score (nSPS) is 17.1. The Labute approximate surface area is 170 Å². The highest BCUT2D eigenvalue weighted by atomic mass is 16.5. The molecular weight excluding hydrogens is 368 g/mol. The molecule has 152 valence electrons. The largest absolute Gasteiger partial charge is 0.455 e. The maximum Gasteiger partial charge on any atom is 0.311 e. The van der Waals surface area contributed by atoms with E-state index in [-0.39, 0.29) is 37.4 Å². The molecule has 1 saturated heterocycles. The molecule has 0 aliphatic carbocycles. The molecule has 0 bridgehead atoms. The molecule has 2 amide bonds. The Hall–Kier alpha value is -3.15. The smallest absolute Gasteiger partial charge is 0.311 e. The molecular formula is C23H26N2O4. The van der Waals surface area contributed by atoms with Crippen molar-refractivity contribution in [2.75, 3.05) is 18.1 Å². The summed E-state index contributed by atoms with van der Waals surface area (Å²) in [5.41, 5.74) is 2.87. The van der Waals surface area contributed by atoms with Gasteiger partial charge in [-0.05, 0) is 30.5 Å². The van der Waals surface area contributed by atoms with Crippen molar-refractivity contribution >= 4 is 23.5 Å². The van der Waals surface area contributed by atoms with Gasteiger partial charge in [0.25, 0.3) is 5.91 Å². The quantitative estimate of drug-likeness (QED) is 0.733. The van der Waals surface area contributed by atoms with Crippen LogP contribution in [0.5, 0.6) is 0 Å². The van der Waals surface area contributed by atoms with Gasteiger partial charge in [-0.1, -0.05) is 55.5 Å². The molecule has 0 saturated carbocycles. The fourth-order valence-corrected chi connectivity index (χ4v) is 3.53. The molecule has 1 N–H and O–H groups in total. The Balaban J connectivity index is 1.52. The van der Waals surface area contributed by atoms with Crippen molar-refractivity contribution in [3.05, 3.63) is 65.7 Å². The molecule has 2 aromatic rings. The van der Waals surface area contributed by atoms with Crippen LogP contribution in [-0.2, 0) is 25.5 Å². The van der Waals surface area contributed by atoms with Gasteiger partial charge in [0.2, 0.25) is 5.91 Å². The average molecular weight is 394 g/mol. The number of hydrogen-bond acceptors (Lipinski definition) is 4. The standard InChI is InChI=1S/C23H26N2O4/c1-3-17-9-7-8-12-20(17)25-14-19(13-22(25)27)23(28)29-15-21(26)24-16(2)18-10-5-4-6-11-18/h4-12,16,19H,3,13-15H2,1-2H3,(H,24,26)/t16-,19+/m1/s1. The predicted molar refractivity (Wildman–Crippen MR) is 110 cm³/mol. The third-order valence-electron chi connectivity index (χ3n) is 5.14. The molecule has 2 atom stereocenters. The Kier molecular flexibility index (Phi) is 6.65. The number of carbonyl (C=O) groups is 3. The number of nitrogens with zero attached hydrogens (tertiary/aromatic N) is 1. The first-order valence-corrected chi connectivity index (χ1v) is 9.88. The van der Waals surface area contributed by atoms with Crippen LogP contribution in [0.3, 0.4) is 0 Å². The molecule has 0 spiro atoms. The average Bonchev–Trinajstić information content (AvgIpc) is 3.14. The maximum absolute atomic E-state index is 12.4. The molecule has 29 heavy (non-hydrogen) atoms. The van der Waals surface area contributed by atoms with Crippen LogP contribution < -0.4 is 10.2 Å². The first-order chi connectivity index (χ1) is 14.0. The number of para-hydroxylation sites is 1. The SMILES string of the molecule is CCc1ccccc1N1C[C@@H](C(=O)OCC(=O)N[C@H](C)c2ccccc2)CC1=O. The van der Waals surface area contributed by atoms with E-state index in [0.717, 1.165) is 23.2 Å². The highest BCUT2D eigenvalue weighted by Crippen LogP contribution is 2.29. The van der Waals surface area contributed by atoms with E-state index in [1.807, 2.05) is 68.4 Å². The topological polar surface area (TPSA) is 75.7 Å². The van der Waals surface area contributed by atoms with Crippen molar-refractivity contribution in [2.24, 2.45) is 5.92 Å². The summed E-state index contributed by atoms with van der Waals surface area (Å²) >= 11 is 0. The number of carbonyl (C=O) groups excluding carboxylic acids is 3. The van der Waals surface area contributed by atoms with Gasteiger partial charge in [-0.3, -0.25) is 14.4 Å². The highest BCUT2D eigenvalue weighted by Gasteiger charge is 2.37. The van der Waals surface area contributed by atoms with E-state index in [1.165, 1.54) is 0 Å². The van der Waals surface area contributed by atoms with Crippen molar-refractivity contribution in [3.8, 4) is 0 Å². The van der Waals surface area contributed by atoms with E-state index in [1.54, 1.807) is 4.90 Å². The summed E-state index contributed by atoms with van der Waals surface area (Å²) in [7, 11) is 0. The second kappa shape index (κ2) is 9.37. The first kappa shape index (κ1) is 20.6. The third kappa shape index (κ3) is 5.02. The minimum Gasteiger partial charge on any atom is -0.455 e. The third-order valence-corrected chi connectivity index (χ3v) is 5.14.